The van der Waals surface area contributed by atoms with E-state index in [9.17, 15) is 35.9 Å². The maximum Gasteiger partial charge on any atom is 0.573 e. The lowest BCUT2D eigenvalue weighted by molar-refractivity contribution is -0.275. The standard InChI is InChI=1S/C9H5F6NO4/c10-8(11,12)6-3(2-5(17)18)1-4(7(19)16-6)20-9(13,14)15/h1H,2H2,(H,16,19)(H,17,18). The van der Waals surface area contributed by atoms with Crippen molar-refractivity contribution in [1.29, 1.82) is 0 Å². The molecular formula is C9H5F6NO4. The van der Waals surface area contributed by atoms with Gasteiger partial charge in [0.25, 0.3) is 5.56 Å². The Balaban J connectivity index is 3.40. The van der Waals surface area contributed by atoms with Gasteiger partial charge in [-0.25, -0.2) is 0 Å². The zero-order valence-electron chi connectivity index (χ0n) is 9.22. The Morgan fingerprint density at radius 2 is 1.80 bits per heavy atom. The highest BCUT2D eigenvalue weighted by molar-refractivity contribution is 5.70. The van der Waals surface area contributed by atoms with Crippen molar-refractivity contribution in [2.75, 3.05) is 0 Å². The molecule has 0 radical (unpaired) electrons. The summed E-state index contributed by atoms with van der Waals surface area (Å²) in [5.74, 6) is -3.19. The van der Waals surface area contributed by atoms with Gasteiger partial charge in [0.15, 0.2) is 5.75 Å². The third-order valence-corrected chi connectivity index (χ3v) is 1.94. The number of hydrogen-bond acceptors (Lipinski definition) is 3. The number of nitrogens with one attached hydrogen (secondary N) is 1. The first kappa shape index (κ1) is 15.9. The van der Waals surface area contributed by atoms with E-state index in [0.717, 1.165) is 4.98 Å². The first-order valence-electron chi connectivity index (χ1n) is 4.71. The Labute approximate surface area is 105 Å². The molecule has 0 saturated heterocycles. The lowest BCUT2D eigenvalue weighted by Gasteiger charge is -2.14. The normalized spacial score (nSPS) is 12.3. The number of carboxylic acids is 1. The van der Waals surface area contributed by atoms with Gasteiger partial charge in [-0.05, 0) is 11.6 Å². The molecule has 1 aromatic heterocycles. The summed E-state index contributed by atoms with van der Waals surface area (Å²) in [7, 11) is 0. The van der Waals surface area contributed by atoms with E-state index in [4.69, 9.17) is 5.11 Å². The summed E-state index contributed by atoms with van der Waals surface area (Å²) in [6.45, 7) is 0. The van der Waals surface area contributed by atoms with Crippen LogP contribution in [0.25, 0.3) is 0 Å². The minimum atomic E-state index is -5.30. The van der Waals surface area contributed by atoms with Gasteiger partial charge in [-0.15, -0.1) is 13.2 Å². The van der Waals surface area contributed by atoms with Crippen LogP contribution in [0, 0.1) is 0 Å². The van der Waals surface area contributed by atoms with Crippen LogP contribution >= 0.6 is 0 Å². The molecule has 0 aliphatic heterocycles. The van der Waals surface area contributed by atoms with Gasteiger partial charge in [0.1, 0.15) is 5.69 Å². The Hall–Kier alpha value is -2.20. The van der Waals surface area contributed by atoms with Gasteiger partial charge in [0, 0.05) is 0 Å². The number of hydrogen-bond donors (Lipinski definition) is 2. The predicted octanol–water partition coefficient (Wildman–Crippen LogP) is 1.92. The molecule has 5 nitrogen and oxygen atoms in total. The molecule has 0 saturated carbocycles. The second-order valence-corrected chi connectivity index (χ2v) is 3.48. The monoisotopic (exact) mass is 305 g/mol. The van der Waals surface area contributed by atoms with E-state index in [-0.39, 0.29) is 6.07 Å². The molecule has 0 amide bonds. The Morgan fingerprint density at radius 3 is 2.20 bits per heavy atom. The van der Waals surface area contributed by atoms with Crippen molar-refractivity contribution in [3.63, 3.8) is 0 Å². The fraction of sp³-hybridized carbons (Fsp3) is 0.333. The Kier molecular flexibility index (Phi) is 4.01. The lowest BCUT2D eigenvalue weighted by Crippen LogP contribution is -2.26. The van der Waals surface area contributed by atoms with E-state index in [1.807, 2.05) is 0 Å². The molecule has 0 aromatic carbocycles. The summed E-state index contributed by atoms with van der Waals surface area (Å²) in [6, 6.07) is 0.100. The molecule has 0 spiro atoms. The first-order valence-corrected chi connectivity index (χ1v) is 4.71. The van der Waals surface area contributed by atoms with Crippen LogP contribution in [0.3, 0.4) is 0 Å². The van der Waals surface area contributed by atoms with Crippen molar-refractivity contribution in [3.05, 3.63) is 27.7 Å². The number of aromatic nitrogens is 1. The van der Waals surface area contributed by atoms with E-state index >= 15 is 0 Å². The van der Waals surface area contributed by atoms with E-state index in [1.165, 1.54) is 0 Å². The average molecular weight is 305 g/mol. The number of alkyl halides is 6. The maximum absolute atomic E-state index is 12.5. The molecule has 20 heavy (non-hydrogen) atoms. The number of carboxylic acid groups (broad SMARTS) is 1. The summed E-state index contributed by atoms with van der Waals surface area (Å²) in [6.07, 6.45) is -11.7. The molecule has 0 fully saturated rings. The van der Waals surface area contributed by atoms with Gasteiger partial charge >= 0.3 is 18.5 Å². The highest BCUT2D eigenvalue weighted by Gasteiger charge is 2.38. The van der Waals surface area contributed by atoms with Crippen LogP contribution in [0.2, 0.25) is 0 Å². The Bertz CT molecular complexity index is 573. The number of carbonyl (C=O) groups is 1. The summed E-state index contributed by atoms with van der Waals surface area (Å²) in [5.41, 5.74) is -4.56. The molecule has 1 rings (SSSR count). The van der Waals surface area contributed by atoms with Crippen molar-refractivity contribution in [2.24, 2.45) is 0 Å². The van der Waals surface area contributed by atoms with Crippen LogP contribution in [-0.4, -0.2) is 22.4 Å². The molecule has 0 atom stereocenters. The largest absolute Gasteiger partial charge is 0.573 e. The van der Waals surface area contributed by atoms with Crippen LogP contribution < -0.4 is 10.3 Å². The molecule has 0 unspecified atom stereocenters. The number of rotatable bonds is 3. The Morgan fingerprint density at radius 1 is 1.25 bits per heavy atom. The van der Waals surface area contributed by atoms with E-state index in [0.29, 0.717) is 0 Å². The molecule has 0 aliphatic carbocycles. The molecule has 112 valence electrons. The van der Waals surface area contributed by atoms with E-state index in [2.05, 4.69) is 4.74 Å². The SMILES string of the molecule is O=C(O)Cc1cc(OC(F)(F)F)c(=O)[nH]c1C(F)(F)F. The van der Waals surface area contributed by atoms with Gasteiger partial charge in [0.2, 0.25) is 0 Å². The minimum Gasteiger partial charge on any atom is -0.481 e. The number of ether oxygens (including phenoxy) is 1. The summed E-state index contributed by atoms with van der Waals surface area (Å²) >= 11 is 0. The third kappa shape index (κ3) is 4.17. The van der Waals surface area contributed by atoms with Crippen molar-refractivity contribution in [2.45, 2.75) is 19.0 Å². The van der Waals surface area contributed by atoms with Crippen LogP contribution in [-0.2, 0) is 17.4 Å². The van der Waals surface area contributed by atoms with Gasteiger partial charge in [-0.2, -0.15) is 13.2 Å². The molecule has 0 aliphatic rings. The third-order valence-electron chi connectivity index (χ3n) is 1.94. The first-order chi connectivity index (χ1) is 8.90. The molecule has 11 heteroatoms. The smallest absolute Gasteiger partial charge is 0.481 e. The fourth-order valence-corrected chi connectivity index (χ4v) is 1.31. The highest BCUT2D eigenvalue weighted by atomic mass is 19.4. The average Bonchev–Trinajstić information content (AvgIpc) is 2.17. The van der Waals surface area contributed by atoms with E-state index in [1.54, 1.807) is 0 Å². The second kappa shape index (κ2) is 5.06. The number of halogens is 6. The van der Waals surface area contributed by atoms with Crippen molar-refractivity contribution >= 4 is 5.97 Å². The lowest BCUT2D eigenvalue weighted by atomic mass is 10.1. The van der Waals surface area contributed by atoms with E-state index < -0.39 is 47.5 Å². The highest BCUT2D eigenvalue weighted by Crippen LogP contribution is 2.31. The zero-order valence-corrected chi connectivity index (χ0v) is 9.22. The summed E-state index contributed by atoms with van der Waals surface area (Å²) in [4.78, 5) is 22.6. The van der Waals surface area contributed by atoms with Crippen LogP contribution in [0.5, 0.6) is 5.75 Å². The van der Waals surface area contributed by atoms with Crippen molar-refractivity contribution in [1.82, 2.24) is 4.98 Å². The second-order valence-electron chi connectivity index (χ2n) is 3.48. The van der Waals surface area contributed by atoms with Crippen LogP contribution in [0.1, 0.15) is 11.3 Å². The van der Waals surface area contributed by atoms with Crippen molar-refractivity contribution in [3.8, 4) is 5.75 Å². The topological polar surface area (TPSA) is 79.4 Å². The summed E-state index contributed by atoms with van der Waals surface area (Å²) < 4.78 is 76.6. The molecule has 1 aromatic rings. The minimum absolute atomic E-state index is 0.100. The molecule has 2 N–H and O–H groups in total. The number of H-pyrrole nitrogens is 1. The van der Waals surface area contributed by atoms with Crippen molar-refractivity contribution < 1.29 is 41.0 Å². The van der Waals surface area contributed by atoms with Crippen LogP contribution in [0.4, 0.5) is 26.3 Å². The molecule has 1 heterocycles. The predicted molar refractivity (Wildman–Crippen MR) is 50.1 cm³/mol. The van der Waals surface area contributed by atoms with Crippen LogP contribution in [0.15, 0.2) is 10.9 Å². The fourth-order valence-electron chi connectivity index (χ4n) is 1.31. The molecular weight excluding hydrogens is 300 g/mol. The van der Waals surface area contributed by atoms with Gasteiger partial charge in [-0.3, -0.25) is 9.59 Å². The van der Waals surface area contributed by atoms with Gasteiger partial charge in [0.05, 0.1) is 6.42 Å². The van der Waals surface area contributed by atoms with Gasteiger partial charge in [-0.1, -0.05) is 0 Å². The molecule has 0 bridgehead atoms. The number of aromatic amines is 1. The summed E-state index contributed by atoms with van der Waals surface area (Å²) in [5, 5.41) is 8.43. The number of pyridine rings is 1. The maximum atomic E-state index is 12.5. The van der Waals surface area contributed by atoms with Gasteiger partial charge < -0.3 is 14.8 Å². The quantitative estimate of drug-likeness (QED) is 0.836. The zero-order chi connectivity index (χ0) is 15.7. The number of aliphatic carboxylic acids is 1.